The molecular weight excluding hydrogens is 308 g/mol. The molecule has 3 rings (SSSR count). The molecule has 24 heavy (non-hydrogen) atoms. The lowest BCUT2D eigenvalue weighted by molar-refractivity contribution is 0.390. The van der Waals surface area contributed by atoms with Crippen LogP contribution in [0.4, 0.5) is 11.8 Å². The van der Waals surface area contributed by atoms with Crippen molar-refractivity contribution >= 4 is 22.8 Å². The van der Waals surface area contributed by atoms with E-state index in [1.807, 2.05) is 32.2 Å². The van der Waals surface area contributed by atoms with Crippen LogP contribution in [-0.2, 0) is 7.05 Å². The van der Waals surface area contributed by atoms with Gasteiger partial charge in [-0.2, -0.15) is 15.1 Å². The van der Waals surface area contributed by atoms with E-state index in [-0.39, 0.29) is 6.04 Å². The molecule has 1 unspecified atom stereocenters. The van der Waals surface area contributed by atoms with Gasteiger partial charge in [-0.3, -0.25) is 4.68 Å². The second-order valence-corrected chi connectivity index (χ2v) is 5.41. The van der Waals surface area contributed by atoms with Gasteiger partial charge in [-0.05, 0) is 19.1 Å². The Morgan fingerprint density at radius 3 is 2.71 bits per heavy atom. The van der Waals surface area contributed by atoms with Gasteiger partial charge in [0.1, 0.15) is 17.3 Å². The standard InChI is InChI=1S/C16H20N6O2/c1-9(11-6-5-10(23-3)7-13(11)24-4)19-16-20-14(17)12-8-18-22(2)15(12)21-16/h5-9H,1-4H3,(H3,17,19,20,21). The monoisotopic (exact) mass is 328 g/mol. The molecule has 1 atom stereocenters. The molecule has 0 aliphatic rings. The van der Waals surface area contributed by atoms with Gasteiger partial charge in [-0.15, -0.1) is 0 Å². The van der Waals surface area contributed by atoms with E-state index in [9.17, 15) is 0 Å². The fourth-order valence-electron chi connectivity index (χ4n) is 2.56. The van der Waals surface area contributed by atoms with Crippen LogP contribution < -0.4 is 20.5 Å². The molecule has 126 valence electrons. The normalized spacial score (nSPS) is 12.2. The summed E-state index contributed by atoms with van der Waals surface area (Å²) in [5.41, 5.74) is 7.64. The van der Waals surface area contributed by atoms with Gasteiger partial charge in [-0.25, -0.2) is 0 Å². The fourth-order valence-corrected chi connectivity index (χ4v) is 2.56. The summed E-state index contributed by atoms with van der Waals surface area (Å²) < 4.78 is 12.3. The molecule has 0 aliphatic carbocycles. The van der Waals surface area contributed by atoms with Crippen LogP contribution in [0.1, 0.15) is 18.5 Å². The molecule has 0 bridgehead atoms. The Hall–Kier alpha value is -3.03. The maximum atomic E-state index is 5.99. The number of nitrogens with two attached hydrogens (primary N) is 1. The molecule has 0 aliphatic heterocycles. The zero-order valence-corrected chi connectivity index (χ0v) is 14.1. The van der Waals surface area contributed by atoms with Crippen LogP contribution in [0.5, 0.6) is 11.5 Å². The van der Waals surface area contributed by atoms with Crippen molar-refractivity contribution in [1.82, 2.24) is 19.7 Å². The summed E-state index contributed by atoms with van der Waals surface area (Å²) in [5, 5.41) is 8.14. The minimum Gasteiger partial charge on any atom is -0.497 e. The third kappa shape index (κ3) is 2.78. The van der Waals surface area contributed by atoms with Crippen molar-refractivity contribution in [3.05, 3.63) is 30.0 Å². The number of hydrogen-bond donors (Lipinski definition) is 2. The molecule has 0 fully saturated rings. The number of aromatic nitrogens is 4. The van der Waals surface area contributed by atoms with Crippen molar-refractivity contribution < 1.29 is 9.47 Å². The molecule has 3 N–H and O–H groups in total. The van der Waals surface area contributed by atoms with E-state index in [2.05, 4.69) is 20.4 Å². The van der Waals surface area contributed by atoms with E-state index in [0.717, 1.165) is 22.4 Å². The number of methoxy groups -OCH3 is 2. The zero-order chi connectivity index (χ0) is 17.3. The third-order valence-electron chi connectivity index (χ3n) is 3.87. The van der Waals surface area contributed by atoms with Crippen molar-refractivity contribution in [2.24, 2.45) is 7.05 Å². The SMILES string of the molecule is COc1ccc(C(C)Nc2nc(N)c3cnn(C)c3n2)c(OC)c1. The van der Waals surface area contributed by atoms with Gasteiger partial charge < -0.3 is 20.5 Å². The molecule has 0 radical (unpaired) electrons. The predicted octanol–water partition coefficient (Wildman–Crippen LogP) is 2.14. The zero-order valence-electron chi connectivity index (χ0n) is 14.1. The van der Waals surface area contributed by atoms with Crippen molar-refractivity contribution in [2.75, 3.05) is 25.3 Å². The van der Waals surface area contributed by atoms with Gasteiger partial charge >= 0.3 is 0 Å². The number of anilines is 2. The van der Waals surface area contributed by atoms with Gasteiger partial charge in [0.25, 0.3) is 0 Å². The van der Waals surface area contributed by atoms with Crippen molar-refractivity contribution in [1.29, 1.82) is 0 Å². The third-order valence-corrected chi connectivity index (χ3v) is 3.87. The number of nitrogen functional groups attached to an aromatic ring is 1. The highest BCUT2D eigenvalue weighted by molar-refractivity contribution is 5.86. The minimum absolute atomic E-state index is 0.0871. The topological polar surface area (TPSA) is 100 Å². The summed E-state index contributed by atoms with van der Waals surface area (Å²) in [6, 6.07) is 5.58. The summed E-state index contributed by atoms with van der Waals surface area (Å²) in [6.45, 7) is 2.00. The first kappa shape index (κ1) is 15.9. The van der Waals surface area contributed by atoms with Crippen LogP contribution in [0.3, 0.4) is 0 Å². The smallest absolute Gasteiger partial charge is 0.227 e. The Bertz CT molecular complexity index is 876. The molecule has 8 heteroatoms. The fraction of sp³-hybridized carbons (Fsp3) is 0.312. The summed E-state index contributed by atoms with van der Waals surface area (Å²) in [4.78, 5) is 8.79. The van der Waals surface area contributed by atoms with Crippen LogP contribution in [0, 0.1) is 0 Å². The predicted molar refractivity (Wildman–Crippen MR) is 92.3 cm³/mol. The summed E-state index contributed by atoms with van der Waals surface area (Å²) >= 11 is 0. The van der Waals surface area contributed by atoms with E-state index in [1.54, 1.807) is 25.1 Å². The minimum atomic E-state index is -0.0871. The molecule has 2 heterocycles. The first-order valence-corrected chi connectivity index (χ1v) is 7.47. The van der Waals surface area contributed by atoms with Crippen molar-refractivity contribution in [3.8, 4) is 11.5 Å². The number of aryl methyl sites for hydroxylation is 1. The van der Waals surface area contributed by atoms with Gasteiger partial charge in [0.05, 0.1) is 31.8 Å². The van der Waals surface area contributed by atoms with Gasteiger partial charge in [0.2, 0.25) is 5.95 Å². The number of rotatable bonds is 5. The maximum absolute atomic E-state index is 5.99. The molecule has 1 aromatic carbocycles. The molecule has 2 aromatic heterocycles. The molecular formula is C16H20N6O2. The molecule has 8 nitrogen and oxygen atoms in total. The largest absolute Gasteiger partial charge is 0.497 e. The lowest BCUT2D eigenvalue weighted by Crippen LogP contribution is -2.12. The first-order chi connectivity index (χ1) is 11.5. The lowest BCUT2D eigenvalue weighted by atomic mass is 10.1. The summed E-state index contributed by atoms with van der Waals surface area (Å²) in [7, 11) is 5.06. The van der Waals surface area contributed by atoms with Crippen LogP contribution in [-0.4, -0.2) is 34.0 Å². The highest BCUT2D eigenvalue weighted by atomic mass is 16.5. The second-order valence-electron chi connectivity index (χ2n) is 5.41. The van der Waals surface area contributed by atoms with Crippen LogP contribution >= 0.6 is 0 Å². The number of nitrogens with one attached hydrogen (secondary N) is 1. The number of ether oxygens (including phenoxy) is 2. The van der Waals surface area contributed by atoms with Crippen molar-refractivity contribution in [3.63, 3.8) is 0 Å². The van der Waals surface area contributed by atoms with Crippen molar-refractivity contribution in [2.45, 2.75) is 13.0 Å². The summed E-state index contributed by atoms with van der Waals surface area (Å²) in [5.74, 6) is 2.29. The molecule has 0 saturated carbocycles. The average molecular weight is 328 g/mol. The molecule has 0 saturated heterocycles. The van der Waals surface area contributed by atoms with E-state index < -0.39 is 0 Å². The number of fused-ring (bicyclic) bond motifs is 1. The van der Waals surface area contributed by atoms with E-state index >= 15 is 0 Å². The molecule has 3 aromatic rings. The van der Waals surface area contributed by atoms with E-state index in [4.69, 9.17) is 15.2 Å². The Morgan fingerprint density at radius 1 is 1.21 bits per heavy atom. The number of hydrogen-bond acceptors (Lipinski definition) is 7. The maximum Gasteiger partial charge on any atom is 0.227 e. The average Bonchev–Trinajstić information content (AvgIpc) is 2.96. The van der Waals surface area contributed by atoms with Crippen LogP contribution in [0.25, 0.3) is 11.0 Å². The van der Waals surface area contributed by atoms with Crippen LogP contribution in [0.2, 0.25) is 0 Å². The van der Waals surface area contributed by atoms with Gasteiger partial charge in [0.15, 0.2) is 5.65 Å². The quantitative estimate of drug-likeness (QED) is 0.740. The number of benzene rings is 1. The highest BCUT2D eigenvalue weighted by Gasteiger charge is 2.15. The second kappa shape index (κ2) is 6.23. The van der Waals surface area contributed by atoms with Gasteiger partial charge in [0, 0.05) is 18.7 Å². The summed E-state index contributed by atoms with van der Waals surface area (Å²) in [6.07, 6.45) is 1.66. The van der Waals surface area contributed by atoms with Crippen LogP contribution in [0.15, 0.2) is 24.4 Å². The van der Waals surface area contributed by atoms with E-state index in [0.29, 0.717) is 17.4 Å². The Kier molecular flexibility index (Phi) is 4.11. The van der Waals surface area contributed by atoms with Gasteiger partial charge in [-0.1, -0.05) is 0 Å². The number of nitrogens with zero attached hydrogens (tertiary/aromatic N) is 4. The highest BCUT2D eigenvalue weighted by Crippen LogP contribution is 2.31. The Morgan fingerprint density at radius 2 is 2.00 bits per heavy atom. The lowest BCUT2D eigenvalue weighted by Gasteiger charge is -2.18. The molecule has 0 spiro atoms. The Balaban J connectivity index is 1.92. The first-order valence-electron chi connectivity index (χ1n) is 7.47. The molecule has 0 amide bonds. The van der Waals surface area contributed by atoms with E-state index in [1.165, 1.54) is 0 Å². The Labute approximate surface area is 139 Å².